The van der Waals surface area contributed by atoms with Gasteiger partial charge in [-0.15, -0.1) is 0 Å². The molecule has 0 aliphatic carbocycles. The van der Waals surface area contributed by atoms with Crippen LogP contribution in [0.4, 0.5) is 5.82 Å². The summed E-state index contributed by atoms with van der Waals surface area (Å²) < 4.78 is 30.4. The van der Waals surface area contributed by atoms with Gasteiger partial charge in [-0.25, -0.2) is 15.0 Å². The Balaban J connectivity index is 1.51. The van der Waals surface area contributed by atoms with E-state index in [1.54, 1.807) is 21.3 Å². The third-order valence-corrected chi connectivity index (χ3v) is 7.47. The molecule has 2 aromatic carbocycles. The monoisotopic (exact) mass is 559 g/mol. The highest BCUT2D eigenvalue weighted by atomic mass is 79.9. The van der Waals surface area contributed by atoms with Crippen molar-refractivity contribution in [3.05, 3.63) is 40.6 Å². The molecule has 35 heavy (non-hydrogen) atoms. The minimum absolute atomic E-state index is 0.204. The predicted octanol–water partition coefficient (Wildman–Crippen LogP) is 4.32. The van der Waals surface area contributed by atoms with Crippen LogP contribution in [0.25, 0.3) is 11.2 Å². The van der Waals surface area contributed by atoms with E-state index >= 15 is 0 Å². The van der Waals surface area contributed by atoms with Crippen molar-refractivity contribution in [2.24, 2.45) is 0 Å². The van der Waals surface area contributed by atoms with Crippen LogP contribution in [0.3, 0.4) is 0 Å². The van der Waals surface area contributed by atoms with Gasteiger partial charge < -0.3 is 34.0 Å². The van der Waals surface area contributed by atoms with Gasteiger partial charge >= 0.3 is 0 Å². The Morgan fingerprint density at radius 3 is 2.43 bits per heavy atom. The van der Waals surface area contributed by atoms with E-state index in [1.165, 1.54) is 18.1 Å². The lowest BCUT2D eigenvalue weighted by Gasteiger charge is -2.15. The fourth-order valence-corrected chi connectivity index (χ4v) is 5.32. The number of nitrogens with zero attached hydrogens (tertiary/aromatic N) is 4. The van der Waals surface area contributed by atoms with Gasteiger partial charge in [-0.2, -0.15) is 0 Å². The smallest absolute Gasteiger partial charge is 0.231 e. The maximum absolute atomic E-state index is 6.12. The van der Waals surface area contributed by atoms with Crippen molar-refractivity contribution >= 4 is 44.7 Å². The first kappa shape index (κ1) is 23.4. The second-order valence-electron chi connectivity index (χ2n) is 7.50. The summed E-state index contributed by atoms with van der Waals surface area (Å²) in [5.74, 6) is 3.47. The summed E-state index contributed by atoms with van der Waals surface area (Å²) in [5.41, 5.74) is 8.33. The van der Waals surface area contributed by atoms with E-state index in [9.17, 15) is 0 Å². The van der Waals surface area contributed by atoms with Gasteiger partial charge in [0, 0.05) is 15.9 Å². The Labute approximate surface area is 213 Å². The molecule has 2 aromatic heterocycles. The molecular weight excluding hydrogens is 538 g/mol. The second kappa shape index (κ2) is 9.70. The maximum Gasteiger partial charge on any atom is 0.231 e. The van der Waals surface area contributed by atoms with Crippen LogP contribution in [0, 0.1) is 0 Å². The number of rotatable bonds is 8. The van der Waals surface area contributed by atoms with Crippen LogP contribution < -0.4 is 29.4 Å². The van der Waals surface area contributed by atoms with Crippen LogP contribution in [-0.4, -0.2) is 47.6 Å². The molecule has 0 unspecified atom stereocenters. The summed E-state index contributed by atoms with van der Waals surface area (Å²) in [6, 6.07) is 7.69. The normalized spacial score (nSPS) is 12.2. The van der Waals surface area contributed by atoms with E-state index in [0.29, 0.717) is 58.7 Å². The van der Waals surface area contributed by atoms with Gasteiger partial charge in [-0.3, -0.25) is 0 Å². The largest absolute Gasteiger partial charge is 0.493 e. The molecule has 4 aromatic rings. The van der Waals surface area contributed by atoms with Gasteiger partial charge in [0.05, 0.1) is 21.3 Å². The summed E-state index contributed by atoms with van der Waals surface area (Å²) in [6.07, 6.45) is 2.10. The maximum atomic E-state index is 6.12. The molecule has 1 aliphatic rings. The van der Waals surface area contributed by atoms with Crippen molar-refractivity contribution in [3.8, 4) is 28.7 Å². The molecule has 0 fully saturated rings. The summed E-state index contributed by atoms with van der Waals surface area (Å²) in [6.45, 7) is 0.783. The molecule has 0 saturated heterocycles. The molecule has 0 spiro atoms. The van der Waals surface area contributed by atoms with Crippen molar-refractivity contribution in [1.29, 1.82) is 0 Å². The molecule has 0 atom stereocenters. The van der Waals surface area contributed by atoms with E-state index < -0.39 is 0 Å². The number of aromatic nitrogens is 4. The number of aryl methyl sites for hydroxylation is 2. The topological polar surface area (TPSA) is 116 Å². The lowest BCUT2D eigenvalue weighted by atomic mass is 10.1. The van der Waals surface area contributed by atoms with Crippen LogP contribution in [0.5, 0.6) is 28.7 Å². The molecule has 2 N–H and O–H groups in total. The van der Waals surface area contributed by atoms with Gasteiger partial charge in [0.2, 0.25) is 12.5 Å². The molecule has 0 radical (unpaired) electrons. The molecule has 0 saturated carbocycles. The minimum atomic E-state index is 0.204. The first-order valence-electron chi connectivity index (χ1n) is 10.5. The number of fused-ring (bicyclic) bond motifs is 2. The third kappa shape index (κ3) is 4.39. The number of nitrogen functional groups attached to an aromatic ring is 1. The lowest BCUT2D eigenvalue weighted by molar-refractivity contribution is 0.174. The van der Waals surface area contributed by atoms with Crippen LogP contribution in [0.2, 0.25) is 0 Å². The standard InChI is InChI=1S/C23H22BrN5O5S/c1-30-16-6-12(7-17(31-2)20(16)32-3)4-5-29-22-19(21(25)26-10-27-22)28-23(29)35-18-9-15-14(8-13(18)24)33-11-34-15/h6-10H,4-5,11H2,1-3H3,(H2,25,26,27). The fourth-order valence-electron chi connectivity index (χ4n) is 3.81. The summed E-state index contributed by atoms with van der Waals surface area (Å²) in [4.78, 5) is 14.3. The first-order valence-corrected chi connectivity index (χ1v) is 12.2. The van der Waals surface area contributed by atoms with E-state index in [1.807, 2.05) is 28.8 Å². The molecule has 12 heteroatoms. The zero-order chi connectivity index (χ0) is 24.5. The number of hydrogen-bond acceptors (Lipinski definition) is 10. The average molecular weight is 560 g/mol. The molecule has 182 valence electrons. The highest BCUT2D eigenvalue weighted by Gasteiger charge is 2.21. The first-order chi connectivity index (χ1) is 17.0. The average Bonchev–Trinajstić information content (AvgIpc) is 3.46. The predicted molar refractivity (Wildman–Crippen MR) is 134 cm³/mol. The number of ether oxygens (including phenoxy) is 5. The molecule has 3 heterocycles. The van der Waals surface area contributed by atoms with Crippen LogP contribution >= 0.6 is 27.7 Å². The molecule has 5 rings (SSSR count). The van der Waals surface area contributed by atoms with Crippen molar-refractivity contribution in [2.45, 2.75) is 23.0 Å². The minimum Gasteiger partial charge on any atom is -0.493 e. The van der Waals surface area contributed by atoms with Gasteiger partial charge in [-0.05, 0) is 52.2 Å². The Kier molecular flexibility index (Phi) is 6.48. The SMILES string of the molecule is COc1cc(CCn2c(Sc3cc4c(cc3Br)OCO4)nc3c(N)ncnc32)cc(OC)c1OC. The summed E-state index contributed by atoms with van der Waals surface area (Å²) >= 11 is 5.10. The third-order valence-electron chi connectivity index (χ3n) is 5.50. The molecule has 1 aliphatic heterocycles. The van der Waals surface area contributed by atoms with Crippen LogP contribution in [0.1, 0.15) is 5.56 Å². The second-order valence-corrected chi connectivity index (χ2v) is 9.36. The fraction of sp³-hybridized carbons (Fsp3) is 0.261. The molecular formula is C23H22BrN5O5S. The van der Waals surface area contributed by atoms with Gasteiger partial charge in [-0.1, -0.05) is 11.8 Å². The number of anilines is 1. The van der Waals surface area contributed by atoms with Crippen molar-refractivity contribution in [3.63, 3.8) is 0 Å². The quantitative estimate of drug-likeness (QED) is 0.334. The van der Waals surface area contributed by atoms with E-state index in [2.05, 4.69) is 25.9 Å². The van der Waals surface area contributed by atoms with Gasteiger partial charge in [0.1, 0.15) is 6.33 Å². The van der Waals surface area contributed by atoms with E-state index in [4.69, 9.17) is 34.4 Å². The molecule has 10 nitrogen and oxygen atoms in total. The number of hydrogen-bond donors (Lipinski definition) is 1. The number of methoxy groups -OCH3 is 3. The van der Waals surface area contributed by atoms with Gasteiger partial charge in [0.25, 0.3) is 0 Å². The summed E-state index contributed by atoms with van der Waals surface area (Å²) in [7, 11) is 4.78. The van der Waals surface area contributed by atoms with Gasteiger partial charge in [0.15, 0.2) is 45.1 Å². The Hall–Kier alpha value is -3.38. The molecule has 0 amide bonds. The Morgan fingerprint density at radius 1 is 1.03 bits per heavy atom. The lowest BCUT2D eigenvalue weighted by Crippen LogP contribution is -2.05. The van der Waals surface area contributed by atoms with Crippen LogP contribution in [-0.2, 0) is 13.0 Å². The molecule has 0 bridgehead atoms. The van der Waals surface area contributed by atoms with Crippen molar-refractivity contribution in [1.82, 2.24) is 19.5 Å². The highest BCUT2D eigenvalue weighted by molar-refractivity contribution is 9.10. The Morgan fingerprint density at radius 2 is 1.74 bits per heavy atom. The van der Waals surface area contributed by atoms with Crippen molar-refractivity contribution < 1.29 is 23.7 Å². The summed E-state index contributed by atoms with van der Waals surface area (Å²) in [5, 5.41) is 0.721. The highest BCUT2D eigenvalue weighted by Crippen LogP contribution is 2.43. The number of halogens is 1. The van der Waals surface area contributed by atoms with E-state index in [0.717, 1.165) is 20.1 Å². The van der Waals surface area contributed by atoms with E-state index in [-0.39, 0.29) is 6.79 Å². The number of nitrogens with two attached hydrogens (primary N) is 1. The number of imidazole rings is 1. The zero-order valence-electron chi connectivity index (χ0n) is 19.2. The zero-order valence-corrected chi connectivity index (χ0v) is 21.6. The number of benzene rings is 2. The van der Waals surface area contributed by atoms with Crippen LogP contribution in [0.15, 0.2) is 45.1 Å². The van der Waals surface area contributed by atoms with Crippen molar-refractivity contribution in [2.75, 3.05) is 33.9 Å². The Bertz CT molecular complexity index is 1390.